The summed E-state index contributed by atoms with van der Waals surface area (Å²) in [5.74, 6) is -0.222. The monoisotopic (exact) mass is 440 g/mol. The number of rotatable bonds is 15. The predicted octanol–water partition coefficient (Wildman–Crippen LogP) is 1.74. The van der Waals surface area contributed by atoms with Gasteiger partial charge < -0.3 is 24.3 Å². The Morgan fingerprint density at radius 1 is 0.871 bits per heavy atom. The lowest BCUT2D eigenvalue weighted by Crippen LogP contribution is -2.33. The lowest BCUT2D eigenvalue weighted by Gasteiger charge is -2.19. The van der Waals surface area contributed by atoms with E-state index in [1.54, 1.807) is 45.0 Å². The van der Waals surface area contributed by atoms with Gasteiger partial charge in [-0.3, -0.25) is 14.4 Å². The summed E-state index contributed by atoms with van der Waals surface area (Å²) in [5.41, 5.74) is 2.60. The van der Waals surface area contributed by atoms with Crippen molar-refractivity contribution < 1.29 is 38.2 Å². The van der Waals surface area contributed by atoms with Gasteiger partial charge in [-0.25, -0.2) is 4.79 Å². The van der Waals surface area contributed by atoms with E-state index in [9.17, 15) is 14.4 Å². The highest BCUT2D eigenvalue weighted by Gasteiger charge is 2.15. The van der Waals surface area contributed by atoms with E-state index in [4.69, 9.17) is 23.8 Å². The van der Waals surface area contributed by atoms with Crippen LogP contribution in [0.3, 0.4) is 0 Å². The Morgan fingerprint density at radius 2 is 1.42 bits per heavy atom. The maximum Gasteiger partial charge on any atom is 0.431 e. The molecule has 0 aliphatic heterocycles. The summed E-state index contributed by atoms with van der Waals surface area (Å²) < 4.78 is 21.0. The second-order valence-electron chi connectivity index (χ2n) is 7.29. The number of amides is 2. The van der Waals surface area contributed by atoms with Crippen molar-refractivity contribution in [2.45, 2.75) is 26.4 Å². The maximum atomic E-state index is 11.9. The van der Waals surface area contributed by atoms with E-state index in [1.807, 2.05) is 0 Å². The Morgan fingerprint density at radius 3 is 1.97 bits per heavy atom. The number of carbonyl (C=O) groups is 3. The molecule has 0 radical (unpaired) electrons. The molecule has 1 rings (SSSR count). The maximum absolute atomic E-state index is 11.9. The third-order valence-corrected chi connectivity index (χ3v) is 3.47. The molecule has 0 spiro atoms. The van der Waals surface area contributed by atoms with Crippen molar-refractivity contribution in [1.82, 2.24) is 10.8 Å². The van der Waals surface area contributed by atoms with Gasteiger partial charge in [-0.15, -0.1) is 0 Å². The molecule has 0 fully saturated rings. The fourth-order valence-electron chi connectivity index (χ4n) is 2.10. The van der Waals surface area contributed by atoms with Crippen molar-refractivity contribution in [1.29, 1.82) is 0 Å². The zero-order chi connectivity index (χ0) is 23.0. The number of nitrogens with one attached hydrogen (secondary N) is 2. The molecule has 174 valence electrons. The van der Waals surface area contributed by atoms with Gasteiger partial charge in [0.1, 0.15) is 11.9 Å². The number of hydrogen-bond donors (Lipinski definition) is 2. The number of carbonyl (C=O) groups excluding carboxylic acids is 3. The highest BCUT2D eigenvalue weighted by Crippen LogP contribution is 2.06. The molecule has 0 saturated heterocycles. The minimum Gasteiger partial charge on any atom is -0.442 e. The lowest BCUT2D eigenvalue weighted by molar-refractivity contribution is -0.0353. The standard InChI is InChI=1S/C21H32N2O8/c1-21(2,3)31-20(26)23-30-15-14-29-13-12-28-11-10-27-9-8-22-19(25)18-6-4-17(16-24)5-7-18/h4-7,16H,8-15H2,1-3H3,(H,22,25)(H,23,26). The van der Waals surface area contributed by atoms with Crippen LogP contribution in [0.2, 0.25) is 0 Å². The molecular formula is C21H32N2O8. The molecule has 2 amide bonds. The predicted molar refractivity (Wildman–Crippen MR) is 112 cm³/mol. The second-order valence-corrected chi connectivity index (χ2v) is 7.29. The first-order valence-electron chi connectivity index (χ1n) is 9.99. The summed E-state index contributed by atoms with van der Waals surface area (Å²) in [6.45, 7) is 8.09. The van der Waals surface area contributed by atoms with Crippen LogP contribution in [0, 0.1) is 0 Å². The topological polar surface area (TPSA) is 121 Å². The van der Waals surface area contributed by atoms with Crippen molar-refractivity contribution in [3.8, 4) is 0 Å². The number of hydrogen-bond acceptors (Lipinski definition) is 8. The number of hydroxylamine groups is 1. The minimum absolute atomic E-state index is 0.190. The van der Waals surface area contributed by atoms with Crippen LogP contribution in [0.5, 0.6) is 0 Å². The number of aldehydes is 1. The van der Waals surface area contributed by atoms with E-state index in [0.29, 0.717) is 57.3 Å². The molecule has 1 aromatic carbocycles. The summed E-state index contributed by atoms with van der Waals surface area (Å²) in [6, 6.07) is 6.37. The van der Waals surface area contributed by atoms with Crippen LogP contribution < -0.4 is 10.8 Å². The Balaban J connectivity index is 1.86. The number of benzene rings is 1. The molecule has 0 bridgehead atoms. The third-order valence-electron chi connectivity index (χ3n) is 3.47. The van der Waals surface area contributed by atoms with Gasteiger partial charge in [-0.2, -0.15) is 5.48 Å². The van der Waals surface area contributed by atoms with E-state index in [2.05, 4.69) is 10.8 Å². The van der Waals surface area contributed by atoms with Gasteiger partial charge in [0, 0.05) is 17.7 Å². The smallest absolute Gasteiger partial charge is 0.431 e. The fourth-order valence-corrected chi connectivity index (χ4v) is 2.10. The van der Waals surface area contributed by atoms with Crippen molar-refractivity contribution in [3.05, 3.63) is 35.4 Å². The summed E-state index contributed by atoms with van der Waals surface area (Å²) in [4.78, 5) is 38.7. The Hall–Kier alpha value is -2.53. The van der Waals surface area contributed by atoms with E-state index >= 15 is 0 Å². The molecule has 1 aromatic rings. The van der Waals surface area contributed by atoms with Crippen LogP contribution in [-0.4, -0.2) is 76.7 Å². The van der Waals surface area contributed by atoms with Crippen LogP contribution in [0.4, 0.5) is 4.79 Å². The number of ether oxygens (including phenoxy) is 4. The molecule has 0 saturated carbocycles. The van der Waals surface area contributed by atoms with Crippen LogP contribution >= 0.6 is 0 Å². The van der Waals surface area contributed by atoms with Gasteiger partial charge in [0.05, 0.1) is 46.2 Å². The van der Waals surface area contributed by atoms with E-state index in [-0.39, 0.29) is 12.5 Å². The molecule has 0 atom stereocenters. The summed E-state index contributed by atoms with van der Waals surface area (Å²) >= 11 is 0. The highest BCUT2D eigenvalue weighted by atomic mass is 16.7. The molecule has 0 unspecified atom stereocenters. The fraction of sp³-hybridized carbons (Fsp3) is 0.571. The zero-order valence-corrected chi connectivity index (χ0v) is 18.3. The summed E-state index contributed by atoms with van der Waals surface area (Å²) in [5, 5.41) is 2.73. The molecule has 2 N–H and O–H groups in total. The summed E-state index contributed by atoms with van der Waals surface area (Å²) in [6.07, 6.45) is 0.0775. The van der Waals surface area contributed by atoms with Gasteiger partial charge in [-0.05, 0) is 32.9 Å². The molecule has 0 aliphatic carbocycles. The molecule has 0 heterocycles. The Labute approximate surface area is 182 Å². The van der Waals surface area contributed by atoms with E-state index in [1.165, 1.54) is 0 Å². The first-order valence-corrected chi connectivity index (χ1v) is 9.99. The van der Waals surface area contributed by atoms with Crippen LogP contribution in [0.25, 0.3) is 0 Å². The van der Waals surface area contributed by atoms with Crippen molar-refractivity contribution in [2.24, 2.45) is 0 Å². The van der Waals surface area contributed by atoms with Crippen LogP contribution in [-0.2, 0) is 23.8 Å². The van der Waals surface area contributed by atoms with Gasteiger partial charge >= 0.3 is 6.09 Å². The van der Waals surface area contributed by atoms with Crippen molar-refractivity contribution >= 4 is 18.3 Å². The Kier molecular flexibility index (Phi) is 13.1. The molecule has 10 heteroatoms. The van der Waals surface area contributed by atoms with Gasteiger partial charge in [0.15, 0.2) is 0 Å². The highest BCUT2D eigenvalue weighted by molar-refractivity contribution is 5.94. The summed E-state index contributed by atoms with van der Waals surface area (Å²) in [7, 11) is 0. The van der Waals surface area contributed by atoms with Crippen molar-refractivity contribution in [2.75, 3.05) is 52.8 Å². The van der Waals surface area contributed by atoms with Crippen LogP contribution in [0.1, 0.15) is 41.5 Å². The average molecular weight is 440 g/mol. The second kappa shape index (κ2) is 15.3. The van der Waals surface area contributed by atoms with E-state index in [0.717, 1.165) is 6.29 Å². The quantitative estimate of drug-likeness (QED) is 0.240. The van der Waals surface area contributed by atoms with Gasteiger partial charge in [0.25, 0.3) is 5.91 Å². The largest absolute Gasteiger partial charge is 0.442 e. The van der Waals surface area contributed by atoms with Gasteiger partial charge in [0.2, 0.25) is 0 Å². The van der Waals surface area contributed by atoms with Crippen molar-refractivity contribution in [3.63, 3.8) is 0 Å². The third kappa shape index (κ3) is 14.2. The normalized spacial score (nSPS) is 11.1. The molecule has 0 aliphatic rings. The molecular weight excluding hydrogens is 408 g/mol. The molecule has 0 aromatic heterocycles. The van der Waals surface area contributed by atoms with E-state index < -0.39 is 11.7 Å². The molecule has 31 heavy (non-hydrogen) atoms. The first kappa shape index (κ1) is 26.5. The minimum atomic E-state index is -0.649. The van der Waals surface area contributed by atoms with Crippen LogP contribution in [0.15, 0.2) is 24.3 Å². The lowest BCUT2D eigenvalue weighted by atomic mass is 10.1. The SMILES string of the molecule is CC(C)(C)OC(=O)NOCCOCCOCCOCCNC(=O)c1ccc(C=O)cc1. The average Bonchev–Trinajstić information content (AvgIpc) is 2.72. The first-order chi connectivity index (χ1) is 14.8. The van der Waals surface area contributed by atoms with Gasteiger partial charge in [-0.1, -0.05) is 12.1 Å². The molecule has 10 nitrogen and oxygen atoms in total. The zero-order valence-electron chi connectivity index (χ0n) is 18.3. The Bertz CT molecular complexity index is 658.